The zero-order valence-electron chi connectivity index (χ0n) is 17.7. The van der Waals surface area contributed by atoms with Crippen LogP contribution in [0.15, 0.2) is 77.2 Å². The van der Waals surface area contributed by atoms with E-state index < -0.39 is 0 Å². The molecule has 0 bridgehead atoms. The Morgan fingerprint density at radius 2 is 1.75 bits per heavy atom. The number of ether oxygens (including phenoxy) is 1. The Morgan fingerprint density at radius 1 is 0.969 bits per heavy atom. The summed E-state index contributed by atoms with van der Waals surface area (Å²) in [5, 5.41) is 11.3. The Balaban J connectivity index is 1.21. The monoisotopic (exact) mass is 425 g/mol. The van der Waals surface area contributed by atoms with Gasteiger partial charge in [-0.25, -0.2) is 0 Å². The Hall–Kier alpha value is -3.93. The van der Waals surface area contributed by atoms with E-state index in [0.717, 1.165) is 28.9 Å². The van der Waals surface area contributed by atoms with Crippen molar-refractivity contribution in [3.05, 3.63) is 89.5 Å². The van der Waals surface area contributed by atoms with Crippen LogP contribution >= 0.6 is 0 Å². The Morgan fingerprint density at radius 3 is 2.56 bits per heavy atom. The zero-order chi connectivity index (χ0) is 21.9. The molecular weight excluding hydrogens is 402 g/mol. The molecule has 2 heterocycles. The summed E-state index contributed by atoms with van der Waals surface area (Å²) < 4.78 is 11.6. The molecule has 5 rings (SSSR count). The van der Waals surface area contributed by atoms with Crippen molar-refractivity contribution in [1.29, 1.82) is 0 Å². The molecule has 3 aromatic carbocycles. The molecular formula is C26H23N3O3. The summed E-state index contributed by atoms with van der Waals surface area (Å²) in [6.45, 7) is 3.19. The molecule has 0 aliphatic carbocycles. The number of para-hydroxylation sites is 1. The Labute approximate surface area is 186 Å². The third-order valence-corrected chi connectivity index (χ3v) is 5.59. The van der Waals surface area contributed by atoms with E-state index in [9.17, 15) is 4.79 Å². The minimum atomic E-state index is -0.110. The predicted octanol–water partition coefficient (Wildman–Crippen LogP) is 4.69. The second-order valence-electron chi connectivity index (χ2n) is 8.06. The van der Waals surface area contributed by atoms with Gasteiger partial charge in [-0.2, -0.15) is 0 Å². The number of rotatable bonds is 5. The third kappa shape index (κ3) is 4.25. The summed E-state index contributed by atoms with van der Waals surface area (Å²) in [4.78, 5) is 12.6. The van der Waals surface area contributed by atoms with Crippen molar-refractivity contribution < 1.29 is 13.9 Å². The molecule has 32 heavy (non-hydrogen) atoms. The number of amides is 1. The van der Waals surface area contributed by atoms with Crippen LogP contribution in [0.4, 0.5) is 0 Å². The predicted molar refractivity (Wildman–Crippen MR) is 121 cm³/mol. The highest BCUT2D eigenvalue weighted by Gasteiger charge is 2.20. The summed E-state index contributed by atoms with van der Waals surface area (Å²) in [5.41, 5.74) is 4.55. The van der Waals surface area contributed by atoms with Crippen molar-refractivity contribution in [3.63, 3.8) is 0 Å². The van der Waals surface area contributed by atoms with E-state index in [1.165, 1.54) is 5.56 Å². The summed E-state index contributed by atoms with van der Waals surface area (Å²) in [6, 6.07) is 23.1. The lowest BCUT2D eigenvalue weighted by Crippen LogP contribution is -2.34. The van der Waals surface area contributed by atoms with Gasteiger partial charge in [0.05, 0.1) is 6.61 Å². The van der Waals surface area contributed by atoms with Crippen LogP contribution in [0.1, 0.15) is 21.5 Å². The summed E-state index contributed by atoms with van der Waals surface area (Å²) in [5.74, 6) is 1.98. The van der Waals surface area contributed by atoms with Crippen molar-refractivity contribution in [2.24, 2.45) is 5.92 Å². The zero-order valence-corrected chi connectivity index (χ0v) is 17.7. The number of carbonyl (C=O) groups excluding carboxylic acids is 1. The fraction of sp³-hybridized carbons (Fsp3) is 0.192. The van der Waals surface area contributed by atoms with Gasteiger partial charge in [0.25, 0.3) is 5.91 Å². The van der Waals surface area contributed by atoms with Crippen LogP contribution < -0.4 is 10.1 Å². The Bertz CT molecular complexity index is 1250. The van der Waals surface area contributed by atoms with Crippen LogP contribution in [0.2, 0.25) is 0 Å². The number of benzene rings is 3. The molecule has 1 amide bonds. The largest absolute Gasteiger partial charge is 0.493 e. The fourth-order valence-electron chi connectivity index (χ4n) is 3.86. The SMILES string of the molecule is Cc1cccc(-c2nnc(-c3ccc(C(=O)NCC4COc5ccccc5C4)cc3)o2)c1. The van der Waals surface area contributed by atoms with Gasteiger partial charge in [0, 0.05) is 29.2 Å². The smallest absolute Gasteiger partial charge is 0.251 e. The molecule has 0 spiro atoms. The average molecular weight is 425 g/mol. The molecule has 4 aromatic rings. The summed E-state index contributed by atoms with van der Waals surface area (Å²) >= 11 is 0. The molecule has 0 saturated carbocycles. The lowest BCUT2D eigenvalue weighted by molar-refractivity contribution is 0.0939. The topological polar surface area (TPSA) is 77.2 Å². The van der Waals surface area contributed by atoms with Crippen molar-refractivity contribution in [2.75, 3.05) is 13.2 Å². The molecule has 1 N–H and O–H groups in total. The molecule has 6 nitrogen and oxygen atoms in total. The number of nitrogens with one attached hydrogen (secondary N) is 1. The first-order valence-electron chi connectivity index (χ1n) is 10.7. The van der Waals surface area contributed by atoms with Gasteiger partial charge in [0.15, 0.2) is 0 Å². The van der Waals surface area contributed by atoms with Gasteiger partial charge in [-0.15, -0.1) is 10.2 Å². The normalized spacial score (nSPS) is 15.0. The highest BCUT2D eigenvalue weighted by molar-refractivity contribution is 5.94. The van der Waals surface area contributed by atoms with E-state index in [2.05, 4.69) is 21.6 Å². The molecule has 0 fully saturated rings. The molecule has 160 valence electrons. The van der Waals surface area contributed by atoms with E-state index in [1.807, 2.05) is 61.5 Å². The maximum atomic E-state index is 12.6. The molecule has 1 unspecified atom stereocenters. The molecule has 0 saturated heterocycles. The first-order chi connectivity index (χ1) is 15.7. The molecule has 1 aliphatic heterocycles. The molecule has 1 aromatic heterocycles. The number of fused-ring (bicyclic) bond motifs is 1. The first kappa shape index (κ1) is 20.0. The van der Waals surface area contributed by atoms with Gasteiger partial charge in [0.2, 0.25) is 11.8 Å². The minimum Gasteiger partial charge on any atom is -0.493 e. The highest BCUT2D eigenvalue weighted by atomic mass is 16.5. The van der Waals surface area contributed by atoms with Gasteiger partial charge in [-0.3, -0.25) is 4.79 Å². The van der Waals surface area contributed by atoms with Gasteiger partial charge in [-0.1, -0.05) is 35.9 Å². The van der Waals surface area contributed by atoms with Gasteiger partial charge >= 0.3 is 0 Å². The van der Waals surface area contributed by atoms with Crippen molar-refractivity contribution in [1.82, 2.24) is 15.5 Å². The molecule has 1 atom stereocenters. The number of hydrogen-bond donors (Lipinski definition) is 1. The number of carbonyl (C=O) groups is 1. The van der Waals surface area contributed by atoms with Gasteiger partial charge < -0.3 is 14.5 Å². The van der Waals surface area contributed by atoms with Crippen LogP contribution in [-0.4, -0.2) is 29.3 Å². The lowest BCUT2D eigenvalue weighted by atomic mass is 9.96. The van der Waals surface area contributed by atoms with E-state index in [0.29, 0.717) is 30.5 Å². The van der Waals surface area contributed by atoms with E-state index in [4.69, 9.17) is 9.15 Å². The maximum Gasteiger partial charge on any atom is 0.251 e. The standard InChI is InChI=1S/C26H23N3O3/c1-17-5-4-7-22(13-17)26-29-28-25(32-26)20-11-9-19(10-12-20)24(30)27-15-18-14-21-6-2-3-8-23(21)31-16-18/h2-13,18H,14-16H2,1H3,(H,27,30). The average Bonchev–Trinajstić information content (AvgIpc) is 3.33. The molecule has 6 heteroatoms. The van der Waals surface area contributed by atoms with E-state index in [1.54, 1.807) is 12.1 Å². The van der Waals surface area contributed by atoms with E-state index in [-0.39, 0.29) is 11.8 Å². The van der Waals surface area contributed by atoms with Gasteiger partial charge in [0.1, 0.15) is 5.75 Å². The second kappa shape index (κ2) is 8.67. The molecule has 0 radical (unpaired) electrons. The first-order valence-corrected chi connectivity index (χ1v) is 10.7. The van der Waals surface area contributed by atoms with Crippen molar-refractivity contribution in [3.8, 4) is 28.7 Å². The third-order valence-electron chi connectivity index (χ3n) is 5.59. The van der Waals surface area contributed by atoms with Crippen LogP contribution in [0.25, 0.3) is 22.9 Å². The van der Waals surface area contributed by atoms with Crippen LogP contribution in [0.5, 0.6) is 5.75 Å². The fourth-order valence-corrected chi connectivity index (χ4v) is 3.86. The number of hydrogen-bond acceptors (Lipinski definition) is 5. The minimum absolute atomic E-state index is 0.110. The van der Waals surface area contributed by atoms with Gasteiger partial charge in [-0.05, 0) is 61.4 Å². The molecule has 1 aliphatic rings. The Kier molecular flexibility index (Phi) is 5.42. The maximum absolute atomic E-state index is 12.6. The van der Waals surface area contributed by atoms with Crippen molar-refractivity contribution >= 4 is 5.91 Å². The van der Waals surface area contributed by atoms with Crippen LogP contribution in [0, 0.1) is 12.8 Å². The lowest BCUT2D eigenvalue weighted by Gasteiger charge is -2.25. The quantitative estimate of drug-likeness (QED) is 0.502. The second-order valence-corrected chi connectivity index (χ2v) is 8.06. The summed E-state index contributed by atoms with van der Waals surface area (Å²) in [7, 11) is 0. The van der Waals surface area contributed by atoms with Crippen LogP contribution in [-0.2, 0) is 6.42 Å². The number of aromatic nitrogens is 2. The number of nitrogens with zero attached hydrogens (tertiary/aromatic N) is 2. The van der Waals surface area contributed by atoms with E-state index >= 15 is 0 Å². The number of aryl methyl sites for hydroxylation is 1. The summed E-state index contributed by atoms with van der Waals surface area (Å²) in [6.07, 6.45) is 0.899. The highest BCUT2D eigenvalue weighted by Crippen LogP contribution is 2.27. The van der Waals surface area contributed by atoms with Crippen molar-refractivity contribution in [2.45, 2.75) is 13.3 Å². The van der Waals surface area contributed by atoms with Crippen LogP contribution in [0.3, 0.4) is 0 Å².